The van der Waals surface area contributed by atoms with Gasteiger partial charge in [-0.2, -0.15) is 0 Å². The van der Waals surface area contributed by atoms with Crippen LogP contribution in [0.4, 0.5) is 0 Å². The lowest BCUT2D eigenvalue weighted by atomic mass is 10.1. The molecule has 0 atom stereocenters. The zero-order chi connectivity index (χ0) is 24.2. The van der Waals surface area contributed by atoms with Crippen LogP contribution < -0.4 is 10.3 Å². The van der Waals surface area contributed by atoms with Crippen molar-refractivity contribution in [3.8, 4) is 5.75 Å². The van der Waals surface area contributed by atoms with Crippen molar-refractivity contribution in [3.05, 3.63) is 99.0 Å². The quantitative estimate of drug-likeness (QED) is 0.491. The van der Waals surface area contributed by atoms with Crippen molar-refractivity contribution in [2.24, 2.45) is 0 Å². The Morgan fingerprint density at radius 1 is 0.971 bits per heavy atom. The average Bonchev–Trinajstić information content (AvgIpc) is 3.16. The number of aromatic nitrogens is 1. The number of esters is 1. The molecule has 3 aromatic rings. The van der Waals surface area contributed by atoms with E-state index >= 15 is 0 Å². The van der Waals surface area contributed by atoms with Gasteiger partial charge in [-0.15, -0.1) is 0 Å². The van der Waals surface area contributed by atoms with Gasteiger partial charge < -0.3 is 18.9 Å². The van der Waals surface area contributed by atoms with Crippen LogP contribution in [0.15, 0.2) is 65.5 Å². The lowest BCUT2D eigenvalue weighted by Gasteiger charge is -2.20. The number of carbonyl (C=O) groups is 1. The Labute approximate surface area is 206 Å². The largest absolute Gasteiger partial charge is 0.489 e. The lowest BCUT2D eigenvalue weighted by Crippen LogP contribution is -2.30. The summed E-state index contributed by atoms with van der Waals surface area (Å²) < 4.78 is 13.2. The highest BCUT2D eigenvalue weighted by molar-refractivity contribution is 5.93. The molecule has 1 aliphatic heterocycles. The smallest absolute Gasteiger partial charge is 0.343 e. The van der Waals surface area contributed by atoms with Gasteiger partial charge in [-0.25, -0.2) is 4.79 Å². The average molecular weight is 473 g/mol. The van der Waals surface area contributed by atoms with Crippen molar-refractivity contribution in [3.63, 3.8) is 0 Å². The molecule has 0 fully saturated rings. The Hall–Kier alpha value is -3.38. The fraction of sp³-hybridized carbons (Fsp3) is 0.379. The molecule has 0 unspecified atom stereocenters. The van der Waals surface area contributed by atoms with E-state index in [-0.39, 0.29) is 11.7 Å². The molecule has 182 valence electrons. The molecule has 35 heavy (non-hydrogen) atoms. The van der Waals surface area contributed by atoms with E-state index in [0.717, 1.165) is 51.0 Å². The van der Waals surface area contributed by atoms with Gasteiger partial charge in [0.2, 0.25) is 0 Å². The zero-order valence-corrected chi connectivity index (χ0v) is 20.2. The van der Waals surface area contributed by atoms with Crippen molar-refractivity contribution < 1.29 is 14.3 Å². The van der Waals surface area contributed by atoms with Crippen LogP contribution in [0.25, 0.3) is 0 Å². The lowest BCUT2D eigenvalue weighted by molar-refractivity contribution is 0.0590. The van der Waals surface area contributed by atoms with Crippen LogP contribution in [0, 0.1) is 0 Å². The predicted octanol–water partition coefficient (Wildman–Crippen LogP) is 3.67. The van der Waals surface area contributed by atoms with Crippen LogP contribution in [-0.2, 0) is 37.0 Å². The number of hydrogen-bond acceptors (Lipinski definition) is 5. The van der Waals surface area contributed by atoms with Gasteiger partial charge in [0.15, 0.2) is 0 Å². The molecule has 0 saturated heterocycles. The summed E-state index contributed by atoms with van der Waals surface area (Å²) in [6.07, 6.45) is 4.12. The van der Waals surface area contributed by atoms with E-state index in [1.165, 1.54) is 29.9 Å². The highest BCUT2D eigenvalue weighted by Gasteiger charge is 2.29. The molecule has 1 aromatic heterocycles. The number of pyridine rings is 1. The maximum Gasteiger partial charge on any atom is 0.343 e. The number of carbonyl (C=O) groups excluding carboxylic acids is 1. The summed E-state index contributed by atoms with van der Waals surface area (Å²) in [6.45, 7) is 3.07. The summed E-state index contributed by atoms with van der Waals surface area (Å²) in [5, 5.41) is 0. The minimum Gasteiger partial charge on any atom is -0.489 e. The first-order valence-electron chi connectivity index (χ1n) is 12.5. The van der Waals surface area contributed by atoms with Crippen LogP contribution in [0.2, 0.25) is 0 Å². The molecule has 2 heterocycles. The number of nitrogens with zero attached hydrogens (tertiary/aromatic N) is 2. The van der Waals surface area contributed by atoms with Gasteiger partial charge in [0, 0.05) is 50.7 Å². The normalized spacial score (nSPS) is 15.8. The number of hydrogen-bond donors (Lipinski definition) is 0. The molecule has 0 amide bonds. The van der Waals surface area contributed by atoms with Crippen molar-refractivity contribution in [2.45, 2.75) is 44.8 Å². The van der Waals surface area contributed by atoms with Crippen LogP contribution in [-0.4, -0.2) is 48.3 Å². The topological polar surface area (TPSA) is 60.8 Å². The molecule has 5 rings (SSSR count). The number of aryl methyl sites for hydroxylation is 1. The molecule has 0 saturated carbocycles. The number of benzene rings is 2. The van der Waals surface area contributed by atoms with E-state index in [1.54, 1.807) is 4.57 Å². The first-order valence-corrected chi connectivity index (χ1v) is 12.5. The highest BCUT2D eigenvalue weighted by Crippen LogP contribution is 2.29. The Bertz CT molecular complexity index is 1230. The standard InChI is InChI=1S/C29H32N2O4/c1-34-29(33)28-25-13-15-30(14-7-10-21-8-3-2-4-9-21)16-17-31(25)27(32)20-26(28)35-24-18-22-11-5-6-12-23(22)19-24/h2-6,8-9,11-12,20,24H,7,10,13-19H2,1H3. The summed E-state index contributed by atoms with van der Waals surface area (Å²) in [5.41, 5.74) is 4.86. The summed E-state index contributed by atoms with van der Waals surface area (Å²) in [4.78, 5) is 28.4. The molecule has 0 bridgehead atoms. The molecule has 2 aliphatic rings. The fourth-order valence-corrected chi connectivity index (χ4v) is 5.36. The summed E-state index contributed by atoms with van der Waals surface area (Å²) in [5.74, 6) is -0.0970. The first-order chi connectivity index (χ1) is 17.1. The van der Waals surface area contributed by atoms with Crippen molar-refractivity contribution in [1.82, 2.24) is 9.47 Å². The zero-order valence-electron chi connectivity index (χ0n) is 20.2. The number of rotatable bonds is 7. The predicted molar refractivity (Wildman–Crippen MR) is 135 cm³/mol. The monoisotopic (exact) mass is 472 g/mol. The Morgan fingerprint density at radius 3 is 2.40 bits per heavy atom. The van der Waals surface area contributed by atoms with E-state index in [9.17, 15) is 9.59 Å². The molecule has 1 aliphatic carbocycles. The third-order valence-corrected chi connectivity index (χ3v) is 7.17. The first kappa shape index (κ1) is 23.4. The fourth-order valence-electron chi connectivity index (χ4n) is 5.36. The van der Waals surface area contributed by atoms with Crippen LogP contribution in [0.3, 0.4) is 0 Å². The van der Waals surface area contributed by atoms with E-state index in [4.69, 9.17) is 9.47 Å². The maximum absolute atomic E-state index is 13.1. The van der Waals surface area contributed by atoms with Gasteiger partial charge in [0.25, 0.3) is 5.56 Å². The van der Waals surface area contributed by atoms with Gasteiger partial charge in [-0.1, -0.05) is 54.6 Å². The van der Waals surface area contributed by atoms with Crippen LogP contribution in [0.5, 0.6) is 5.75 Å². The third kappa shape index (κ3) is 5.17. The van der Waals surface area contributed by atoms with Gasteiger partial charge >= 0.3 is 5.97 Å². The SMILES string of the molecule is COC(=O)c1c(OC2Cc3ccccc3C2)cc(=O)n2c1CCN(CCCc1ccccc1)CC2. The van der Waals surface area contributed by atoms with Crippen LogP contribution >= 0.6 is 0 Å². The van der Waals surface area contributed by atoms with Crippen molar-refractivity contribution in [1.29, 1.82) is 0 Å². The molecule has 6 nitrogen and oxygen atoms in total. The number of methoxy groups -OCH3 is 1. The van der Waals surface area contributed by atoms with E-state index in [2.05, 4.69) is 41.3 Å². The highest BCUT2D eigenvalue weighted by atomic mass is 16.5. The van der Waals surface area contributed by atoms with E-state index in [0.29, 0.717) is 24.3 Å². The second-order valence-corrected chi connectivity index (χ2v) is 9.41. The summed E-state index contributed by atoms with van der Waals surface area (Å²) in [6, 6.07) is 20.2. The maximum atomic E-state index is 13.1. The molecule has 2 aromatic carbocycles. The minimum absolute atomic E-state index is 0.0986. The van der Waals surface area contributed by atoms with E-state index < -0.39 is 5.97 Å². The summed E-state index contributed by atoms with van der Waals surface area (Å²) >= 11 is 0. The van der Waals surface area contributed by atoms with Crippen molar-refractivity contribution in [2.75, 3.05) is 26.7 Å². The van der Waals surface area contributed by atoms with Crippen LogP contribution in [0.1, 0.15) is 39.2 Å². The summed E-state index contributed by atoms with van der Waals surface area (Å²) in [7, 11) is 1.38. The second kappa shape index (κ2) is 10.5. The molecule has 0 spiro atoms. The molecule has 6 heteroatoms. The van der Waals surface area contributed by atoms with Crippen molar-refractivity contribution >= 4 is 5.97 Å². The van der Waals surface area contributed by atoms with E-state index in [1.807, 2.05) is 18.2 Å². The third-order valence-electron chi connectivity index (χ3n) is 7.17. The minimum atomic E-state index is -0.447. The van der Waals surface area contributed by atoms with Gasteiger partial charge in [-0.05, 0) is 36.1 Å². The number of fused-ring (bicyclic) bond motifs is 2. The van der Waals surface area contributed by atoms with Gasteiger partial charge in [0.05, 0.1) is 7.11 Å². The molecule has 0 radical (unpaired) electrons. The number of ether oxygens (including phenoxy) is 2. The molecular weight excluding hydrogens is 440 g/mol. The second-order valence-electron chi connectivity index (χ2n) is 9.41. The Morgan fingerprint density at radius 2 is 1.69 bits per heavy atom. The van der Waals surface area contributed by atoms with Gasteiger partial charge in [-0.3, -0.25) is 4.79 Å². The molecule has 0 N–H and O–H groups in total. The molecular formula is C29H32N2O4. The van der Waals surface area contributed by atoms with Gasteiger partial charge in [0.1, 0.15) is 17.4 Å². The Balaban J connectivity index is 1.33. The Kier molecular flexibility index (Phi) is 7.00.